The molecular weight excluding hydrogens is 378 g/mol. The SMILES string of the molecule is CC(=O)Nc1ccc(-c2ccc3n(c2=O)C[C@H]2C[C@@H]3C[NH+](C3CCOCC3)C2)cc1. The van der Waals surface area contributed by atoms with E-state index in [-0.39, 0.29) is 11.5 Å². The predicted molar refractivity (Wildman–Crippen MR) is 116 cm³/mol. The number of likely N-dealkylation sites (tertiary alicyclic amines) is 1. The molecule has 2 aromatic rings. The Bertz CT molecular complexity index is 992. The van der Waals surface area contributed by atoms with Gasteiger partial charge in [-0.25, -0.2) is 0 Å². The maximum absolute atomic E-state index is 13.4. The minimum absolute atomic E-state index is 0.0972. The Morgan fingerprint density at radius 1 is 1.10 bits per heavy atom. The van der Waals surface area contributed by atoms with Gasteiger partial charge < -0.3 is 19.5 Å². The van der Waals surface area contributed by atoms with Gasteiger partial charge in [0.15, 0.2) is 0 Å². The summed E-state index contributed by atoms with van der Waals surface area (Å²) in [5.41, 5.74) is 3.70. The van der Waals surface area contributed by atoms with Gasteiger partial charge in [-0.3, -0.25) is 9.59 Å². The summed E-state index contributed by atoms with van der Waals surface area (Å²) in [7, 11) is 0. The van der Waals surface area contributed by atoms with Gasteiger partial charge in [0, 0.05) is 55.1 Å². The third-order valence-electron chi connectivity index (χ3n) is 7.06. The predicted octanol–water partition coefficient (Wildman–Crippen LogP) is 1.65. The van der Waals surface area contributed by atoms with Gasteiger partial charge >= 0.3 is 0 Å². The van der Waals surface area contributed by atoms with Crippen LogP contribution in [0, 0.1) is 5.92 Å². The first kappa shape index (κ1) is 19.5. The van der Waals surface area contributed by atoms with Crippen molar-refractivity contribution in [1.82, 2.24) is 4.57 Å². The summed E-state index contributed by atoms with van der Waals surface area (Å²) in [6, 6.07) is 12.4. The van der Waals surface area contributed by atoms with Crippen molar-refractivity contribution in [3.8, 4) is 11.1 Å². The smallest absolute Gasteiger partial charge is 0.258 e. The second kappa shape index (κ2) is 8.00. The molecule has 2 saturated heterocycles. The lowest BCUT2D eigenvalue weighted by molar-refractivity contribution is -0.937. The summed E-state index contributed by atoms with van der Waals surface area (Å²) in [6.07, 6.45) is 3.53. The van der Waals surface area contributed by atoms with Crippen molar-refractivity contribution in [1.29, 1.82) is 0 Å². The first-order valence-corrected chi connectivity index (χ1v) is 11.1. The highest BCUT2D eigenvalue weighted by Crippen LogP contribution is 2.32. The number of piperidine rings is 1. The molecule has 0 aliphatic carbocycles. The number of fused-ring (bicyclic) bond motifs is 4. The van der Waals surface area contributed by atoms with E-state index in [1.54, 1.807) is 4.90 Å². The lowest BCUT2D eigenvalue weighted by Gasteiger charge is -2.44. The molecule has 3 aliphatic heterocycles. The molecule has 3 aliphatic rings. The molecular formula is C24H30N3O3+. The van der Waals surface area contributed by atoms with Gasteiger partial charge in [-0.1, -0.05) is 12.1 Å². The fourth-order valence-electron chi connectivity index (χ4n) is 5.69. The molecule has 30 heavy (non-hydrogen) atoms. The van der Waals surface area contributed by atoms with Crippen molar-refractivity contribution < 1.29 is 14.4 Å². The quantitative estimate of drug-likeness (QED) is 0.812. The molecule has 6 nitrogen and oxygen atoms in total. The summed E-state index contributed by atoms with van der Waals surface area (Å²) >= 11 is 0. The van der Waals surface area contributed by atoms with Crippen LogP contribution in [0.5, 0.6) is 0 Å². The third-order valence-corrected chi connectivity index (χ3v) is 7.06. The molecule has 0 saturated carbocycles. The van der Waals surface area contributed by atoms with Crippen LogP contribution in [0.15, 0.2) is 41.2 Å². The summed E-state index contributed by atoms with van der Waals surface area (Å²) in [5.74, 6) is 0.948. The van der Waals surface area contributed by atoms with Crippen LogP contribution in [0.2, 0.25) is 0 Å². The Hall–Kier alpha value is -2.44. The molecule has 158 valence electrons. The van der Waals surface area contributed by atoms with Crippen LogP contribution < -0.4 is 15.8 Å². The topological polar surface area (TPSA) is 64.8 Å². The van der Waals surface area contributed by atoms with Gasteiger partial charge in [0.25, 0.3) is 5.56 Å². The van der Waals surface area contributed by atoms with Crippen LogP contribution >= 0.6 is 0 Å². The standard InChI is InChI=1S/C24H29N3O3/c1-16(28)25-20-4-2-18(3-5-20)22-6-7-23-19-12-17(14-27(23)24(22)29)13-26(15-19)21-8-10-30-11-9-21/h2-7,17,19,21H,8-15H2,1H3,(H,25,28)/p+1/t17-,19+/m0/s1. The minimum Gasteiger partial charge on any atom is -0.381 e. The fourth-order valence-corrected chi connectivity index (χ4v) is 5.69. The zero-order valence-electron chi connectivity index (χ0n) is 17.5. The van der Waals surface area contributed by atoms with Gasteiger partial charge in [0.1, 0.15) is 0 Å². The van der Waals surface area contributed by atoms with E-state index < -0.39 is 0 Å². The number of hydrogen-bond acceptors (Lipinski definition) is 3. The van der Waals surface area contributed by atoms with E-state index in [1.165, 1.54) is 25.6 Å². The number of nitrogens with one attached hydrogen (secondary N) is 2. The van der Waals surface area contributed by atoms with Crippen LogP contribution in [-0.4, -0.2) is 42.8 Å². The molecule has 2 N–H and O–H groups in total. The number of carbonyl (C=O) groups excluding carboxylic acids is 1. The minimum atomic E-state index is -0.0972. The molecule has 5 rings (SSSR count). The second-order valence-corrected chi connectivity index (χ2v) is 9.10. The number of pyridine rings is 1. The summed E-state index contributed by atoms with van der Waals surface area (Å²) in [5, 5.41) is 2.77. The number of ether oxygens (including phenoxy) is 1. The summed E-state index contributed by atoms with van der Waals surface area (Å²) in [4.78, 5) is 26.3. The first-order valence-electron chi connectivity index (χ1n) is 11.1. The highest BCUT2D eigenvalue weighted by Gasteiger charge is 2.40. The zero-order chi connectivity index (χ0) is 20.7. The molecule has 0 spiro atoms. The van der Waals surface area contributed by atoms with Crippen LogP contribution in [0.4, 0.5) is 5.69 Å². The molecule has 2 bridgehead atoms. The van der Waals surface area contributed by atoms with E-state index in [1.807, 2.05) is 34.9 Å². The molecule has 6 heteroatoms. The maximum Gasteiger partial charge on any atom is 0.258 e. The van der Waals surface area contributed by atoms with Crippen molar-refractivity contribution in [2.24, 2.45) is 5.92 Å². The van der Waals surface area contributed by atoms with Crippen LogP contribution in [0.3, 0.4) is 0 Å². The summed E-state index contributed by atoms with van der Waals surface area (Å²) in [6.45, 7) is 6.40. The number of anilines is 1. The van der Waals surface area contributed by atoms with Gasteiger partial charge in [-0.05, 0) is 36.2 Å². The van der Waals surface area contributed by atoms with E-state index in [0.29, 0.717) is 17.9 Å². The highest BCUT2D eigenvalue weighted by molar-refractivity contribution is 5.88. The van der Waals surface area contributed by atoms with E-state index in [4.69, 9.17) is 4.74 Å². The van der Waals surface area contributed by atoms with Gasteiger partial charge in [-0.15, -0.1) is 0 Å². The molecule has 0 radical (unpaired) electrons. The molecule has 1 aromatic heterocycles. The summed E-state index contributed by atoms with van der Waals surface area (Å²) < 4.78 is 7.60. The fraction of sp³-hybridized carbons (Fsp3) is 0.500. The van der Waals surface area contributed by atoms with Crippen molar-refractivity contribution in [3.05, 3.63) is 52.4 Å². The highest BCUT2D eigenvalue weighted by atomic mass is 16.5. The van der Waals surface area contributed by atoms with Crippen molar-refractivity contribution in [2.45, 2.75) is 44.7 Å². The Morgan fingerprint density at radius 2 is 1.87 bits per heavy atom. The average molecular weight is 409 g/mol. The lowest BCUT2D eigenvalue weighted by Crippen LogP contribution is -3.18. The molecule has 1 amide bonds. The largest absolute Gasteiger partial charge is 0.381 e. The Balaban J connectivity index is 1.40. The van der Waals surface area contributed by atoms with Crippen LogP contribution in [0.25, 0.3) is 11.1 Å². The van der Waals surface area contributed by atoms with Crippen molar-refractivity contribution in [2.75, 3.05) is 31.6 Å². The molecule has 1 aromatic carbocycles. The Labute approximate surface area is 176 Å². The number of aromatic nitrogens is 1. The van der Waals surface area contributed by atoms with E-state index in [9.17, 15) is 9.59 Å². The van der Waals surface area contributed by atoms with E-state index in [0.717, 1.165) is 56.0 Å². The normalized spacial score (nSPS) is 26.1. The monoisotopic (exact) mass is 408 g/mol. The van der Waals surface area contributed by atoms with E-state index >= 15 is 0 Å². The van der Waals surface area contributed by atoms with Gasteiger partial charge in [-0.2, -0.15) is 0 Å². The Morgan fingerprint density at radius 3 is 2.60 bits per heavy atom. The number of amides is 1. The average Bonchev–Trinajstić information content (AvgIpc) is 2.75. The maximum atomic E-state index is 13.4. The van der Waals surface area contributed by atoms with E-state index in [2.05, 4.69) is 11.4 Å². The molecule has 4 heterocycles. The van der Waals surface area contributed by atoms with Crippen LogP contribution in [0.1, 0.15) is 37.8 Å². The Kier molecular flexibility index (Phi) is 5.21. The van der Waals surface area contributed by atoms with Crippen molar-refractivity contribution >= 4 is 11.6 Å². The number of nitrogens with zero attached hydrogens (tertiary/aromatic N) is 1. The first-order chi connectivity index (χ1) is 14.6. The van der Waals surface area contributed by atoms with Crippen LogP contribution in [-0.2, 0) is 16.1 Å². The number of hydrogen-bond donors (Lipinski definition) is 2. The number of quaternary nitrogens is 1. The number of benzene rings is 1. The van der Waals surface area contributed by atoms with Gasteiger partial charge in [0.05, 0.1) is 32.3 Å². The van der Waals surface area contributed by atoms with Crippen molar-refractivity contribution in [3.63, 3.8) is 0 Å². The van der Waals surface area contributed by atoms with Gasteiger partial charge in [0.2, 0.25) is 5.91 Å². The third kappa shape index (κ3) is 3.70. The number of carbonyl (C=O) groups is 1. The molecule has 3 atom stereocenters. The lowest BCUT2D eigenvalue weighted by atomic mass is 9.81. The molecule has 1 unspecified atom stereocenters. The molecule has 2 fully saturated rings. The number of rotatable bonds is 3. The second-order valence-electron chi connectivity index (χ2n) is 9.10. The zero-order valence-corrected chi connectivity index (χ0v) is 17.5.